The Morgan fingerprint density at radius 2 is 2.27 bits per heavy atom. The molecule has 3 nitrogen and oxygen atoms in total. The molecule has 0 atom stereocenters. The van der Waals surface area contributed by atoms with Gasteiger partial charge < -0.3 is 10.6 Å². The normalized spacial score (nSPS) is 9.80. The van der Waals surface area contributed by atoms with Crippen LogP contribution in [0.25, 0.3) is 0 Å². The first kappa shape index (κ1) is 12.3. The number of carbonyl (C=O) groups is 1. The van der Waals surface area contributed by atoms with E-state index < -0.39 is 0 Å². The fourth-order valence-corrected chi connectivity index (χ4v) is 1.81. The molecule has 2 N–H and O–H groups in total. The lowest BCUT2D eigenvalue weighted by Gasteiger charge is -2.07. The summed E-state index contributed by atoms with van der Waals surface area (Å²) in [7, 11) is 1.62. The summed E-state index contributed by atoms with van der Waals surface area (Å²) in [5.74, 6) is 0.00994. The Labute approximate surface area is 102 Å². The van der Waals surface area contributed by atoms with Crippen LogP contribution < -0.4 is 10.6 Å². The van der Waals surface area contributed by atoms with Gasteiger partial charge in [0, 0.05) is 24.5 Å². The van der Waals surface area contributed by atoms with Crippen LogP contribution in [0.4, 0.5) is 5.69 Å². The van der Waals surface area contributed by atoms with E-state index in [0.717, 1.165) is 10.2 Å². The molecule has 0 unspecified atom stereocenters. The second kappa shape index (κ2) is 5.98. The van der Waals surface area contributed by atoms with Crippen molar-refractivity contribution >= 4 is 39.1 Å². The van der Waals surface area contributed by atoms with Gasteiger partial charge in [-0.1, -0.05) is 27.5 Å². The molecule has 0 aliphatic carbocycles. The monoisotopic (exact) mass is 290 g/mol. The molecular weight excluding hydrogens is 279 g/mol. The van der Waals surface area contributed by atoms with Gasteiger partial charge in [-0.25, -0.2) is 0 Å². The Morgan fingerprint density at radius 3 is 2.87 bits per heavy atom. The highest BCUT2D eigenvalue weighted by Crippen LogP contribution is 2.25. The van der Waals surface area contributed by atoms with Crippen LogP contribution in [0.3, 0.4) is 0 Å². The van der Waals surface area contributed by atoms with Crippen LogP contribution >= 0.6 is 27.5 Å². The molecule has 0 fully saturated rings. The van der Waals surface area contributed by atoms with Gasteiger partial charge in [0.25, 0.3) is 0 Å². The van der Waals surface area contributed by atoms with E-state index in [0.29, 0.717) is 18.0 Å². The van der Waals surface area contributed by atoms with Gasteiger partial charge in [-0.15, -0.1) is 0 Å². The molecule has 1 amide bonds. The summed E-state index contributed by atoms with van der Waals surface area (Å²) < 4.78 is 0.935. The van der Waals surface area contributed by atoms with Gasteiger partial charge in [-0.2, -0.15) is 0 Å². The highest BCUT2D eigenvalue weighted by Gasteiger charge is 2.01. The average Bonchev–Trinajstić information content (AvgIpc) is 2.21. The number of anilines is 1. The molecule has 82 valence electrons. The number of hydrogen-bond donors (Lipinski definition) is 2. The molecule has 0 aliphatic rings. The van der Waals surface area contributed by atoms with Crippen molar-refractivity contribution in [2.45, 2.75) is 6.42 Å². The van der Waals surface area contributed by atoms with E-state index in [1.165, 1.54) is 0 Å². The third kappa shape index (κ3) is 4.10. The number of carbonyl (C=O) groups excluding carboxylic acids is 1. The standard InChI is InChI=1S/C10H12BrClN2O/c1-13-10(15)4-5-14-9-3-2-7(11)6-8(9)12/h2-3,6,14H,4-5H2,1H3,(H,13,15). The van der Waals surface area contributed by atoms with Gasteiger partial charge in [0.15, 0.2) is 0 Å². The predicted octanol–water partition coefficient (Wildman–Crippen LogP) is 2.65. The molecule has 0 aromatic heterocycles. The molecule has 15 heavy (non-hydrogen) atoms. The van der Waals surface area contributed by atoms with Crippen LogP contribution in [0.2, 0.25) is 5.02 Å². The zero-order valence-electron chi connectivity index (χ0n) is 8.31. The second-order valence-corrected chi connectivity index (χ2v) is 4.30. The fourth-order valence-electron chi connectivity index (χ4n) is 1.07. The van der Waals surface area contributed by atoms with E-state index in [1.54, 1.807) is 7.05 Å². The molecule has 0 heterocycles. The largest absolute Gasteiger partial charge is 0.383 e. The lowest BCUT2D eigenvalue weighted by molar-refractivity contribution is -0.120. The minimum absolute atomic E-state index is 0.00994. The van der Waals surface area contributed by atoms with Crippen LogP contribution in [-0.2, 0) is 4.79 Å². The summed E-state index contributed by atoms with van der Waals surface area (Å²) in [5.41, 5.74) is 0.837. The second-order valence-electron chi connectivity index (χ2n) is 2.97. The molecule has 0 saturated heterocycles. The van der Waals surface area contributed by atoms with Gasteiger partial charge in [0.1, 0.15) is 0 Å². The molecule has 0 spiro atoms. The Kier molecular flexibility index (Phi) is 4.91. The average molecular weight is 292 g/mol. The molecule has 0 aliphatic heterocycles. The quantitative estimate of drug-likeness (QED) is 0.895. The van der Waals surface area contributed by atoms with E-state index in [1.807, 2.05) is 18.2 Å². The van der Waals surface area contributed by atoms with Gasteiger partial charge in [-0.05, 0) is 18.2 Å². The maximum absolute atomic E-state index is 10.9. The Balaban J connectivity index is 2.47. The molecule has 1 aromatic rings. The summed E-state index contributed by atoms with van der Waals surface area (Å²) in [6.45, 7) is 0.570. The van der Waals surface area contributed by atoms with Crippen molar-refractivity contribution in [1.29, 1.82) is 0 Å². The van der Waals surface area contributed by atoms with Crippen molar-refractivity contribution in [1.82, 2.24) is 5.32 Å². The van der Waals surface area contributed by atoms with E-state index in [9.17, 15) is 4.79 Å². The van der Waals surface area contributed by atoms with E-state index >= 15 is 0 Å². The topological polar surface area (TPSA) is 41.1 Å². The first-order valence-electron chi connectivity index (χ1n) is 4.53. The van der Waals surface area contributed by atoms with Crippen molar-refractivity contribution in [2.24, 2.45) is 0 Å². The van der Waals surface area contributed by atoms with Crippen LogP contribution in [-0.4, -0.2) is 19.5 Å². The first-order valence-corrected chi connectivity index (χ1v) is 5.70. The SMILES string of the molecule is CNC(=O)CCNc1ccc(Br)cc1Cl. The van der Waals surface area contributed by atoms with Crippen LogP contribution in [0.15, 0.2) is 22.7 Å². The summed E-state index contributed by atoms with van der Waals surface area (Å²) in [6.07, 6.45) is 0.433. The molecule has 1 aromatic carbocycles. The fraction of sp³-hybridized carbons (Fsp3) is 0.300. The van der Waals surface area contributed by atoms with Crippen molar-refractivity contribution in [3.63, 3.8) is 0 Å². The maximum atomic E-state index is 10.9. The molecule has 0 bridgehead atoms. The Hall–Kier alpha value is -0.740. The van der Waals surface area contributed by atoms with Gasteiger partial charge in [0.05, 0.1) is 10.7 Å². The number of rotatable bonds is 4. The predicted molar refractivity (Wildman–Crippen MR) is 66.3 cm³/mol. The smallest absolute Gasteiger partial charge is 0.221 e. The van der Waals surface area contributed by atoms with Gasteiger partial charge in [0.2, 0.25) is 5.91 Å². The summed E-state index contributed by atoms with van der Waals surface area (Å²) >= 11 is 9.31. The molecule has 0 radical (unpaired) electrons. The van der Waals surface area contributed by atoms with Crippen molar-refractivity contribution < 1.29 is 4.79 Å². The minimum atomic E-state index is 0.00994. The summed E-state index contributed by atoms with van der Waals surface area (Å²) in [4.78, 5) is 10.9. The number of amides is 1. The zero-order valence-corrected chi connectivity index (χ0v) is 10.7. The van der Waals surface area contributed by atoms with E-state index in [4.69, 9.17) is 11.6 Å². The maximum Gasteiger partial charge on any atom is 0.221 e. The van der Waals surface area contributed by atoms with Crippen LogP contribution in [0.5, 0.6) is 0 Å². The third-order valence-electron chi connectivity index (χ3n) is 1.88. The van der Waals surface area contributed by atoms with Crippen LogP contribution in [0, 0.1) is 0 Å². The lowest BCUT2D eigenvalue weighted by atomic mass is 10.3. The van der Waals surface area contributed by atoms with Crippen LogP contribution in [0.1, 0.15) is 6.42 Å². The third-order valence-corrected chi connectivity index (χ3v) is 2.68. The number of benzene rings is 1. The first-order chi connectivity index (χ1) is 7.13. The number of halogens is 2. The highest BCUT2D eigenvalue weighted by atomic mass is 79.9. The summed E-state index contributed by atoms with van der Waals surface area (Å²) in [6, 6.07) is 5.58. The van der Waals surface area contributed by atoms with Crippen molar-refractivity contribution in [2.75, 3.05) is 18.9 Å². The van der Waals surface area contributed by atoms with E-state index in [-0.39, 0.29) is 5.91 Å². The number of nitrogens with one attached hydrogen (secondary N) is 2. The molecule has 0 saturated carbocycles. The minimum Gasteiger partial charge on any atom is -0.383 e. The Morgan fingerprint density at radius 1 is 1.53 bits per heavy atom. The van der Waals surface area contributed by atoms with Gasteiger partial charge >= 0.3 is 0 Å². The molecule has 1 rings (SSSR count). The Bertz CT molecular complexity index is 357. The van der Waals surface area contributed by atoms with Crippen molar-refractivity contribution in [3.05, 3.63) is 27.7 Å². The summed E-state index contributed by atoms with van der Waals surface area (Å²) in [5, 5.41) is 6.29. The van der Waals surface area contributed by atoms with Crippen molar-refractivity contribution in [3.8, 4) is 0 Å². The molecule has 5 heteroatoms. The highest BCUT2D eigenvalue weighted by molar-refractivity contribution is 9.10. The lowest BCUT2D eigenvalue weighted by Crippen LogP contribution is -2.20. The molecular formula is C10H12BrClN2O. The zero-order chi connectivity index (χ0) is 11.3. The van der Waals surface area contributed by atoms with Gasteiger partial charge in [-0.3, -0.25) is 4.79 Å². The van der Waals surface area contributed by atoms with E-state index in [2.05, 4.69) is 26.6 Å². The number of hydrogen-bond acceptors (Lipinski definition) is 2.